The van der Waals surface area contributed by atoms with Crippen molar-refractivity contribution in [1.82, 2.24) is 10.0 Å². The Morgan fingerprint density at radius 3 is 2.17 bits per heavy atom. The molecule has 0 atom stereocenters. The van der Waals surface area contributed by atoms with Gasteiger partial charge >= 0.3 is 0 Å². The van der Waals surface area contributed by atoms with Crippen LogP contribution in [0, 0.1) is 5.92 Å². The summed E-state index contributed by atoms with van der Waals surface area (Å²) in [5.41, 5.74) is 0. The van der Waals surface area contributed by atoms with Gasteiger partial charge in [0.05, 0.1) is 5.75 Å². The molecule has 5 heteroatoms. The topological polar surface area (TPSA) is 58.2 Å². The third kappa shape index (κ3) is 5.67. The summed E-state index contributed by atoms with van der Waals surface area (Å²) in [6.07, 6.45) is 9.99. The van der Waals surface area contributed by atoms with E-state index in [0.29, 0.717) is 24.3 Å². The molecule has 106 valence electrons. The summed E-state index contributed by atoms with van der Waals surface area (Å²) in [6.45, 7) is 1.29. The average molecular weight is 274 g/mol. The smallest absolute Gasteiger partial charge is 0.211 e. The molecule has 0 heterocycles. The van der Waals surface area contributed by atoms with Crippen LogP contribution in [0.4, 0.5) is 0 Å². The zero-order chi connectivity index (χ0) is 12.8. The molecule has 2 fully saturated rings. The standard InChI is InChI=1S/C13H26N2O2S/c16-18(17,11-12-7-8-12)15-10-9-14-13-5-3-1-2-4-6-13/h12-15H,1-11H2. The van der Waals surface area contributed by atoms with Gasteiger partial charge in [0.15, 0.2) is 0 Å². The van der Waals surface area contributed by atoms with Crippen molar-refractivity contribution in [1.29, 1.82) is 0 Å². The van der Waals surface area contributed by atoms with Crippen molar-refractivity contribution in [3.05, 3.63) is 0 Å². The zero-order valence-electron chi connectivity index (χ0n) is 11.2. The van der Waals surface area contributed by atoms with Crippen molar-refractivity contribution in [3.8, 4) is 0 Å². The summed E-state index contributed by atoms with van der Waals surface area (Å²) in [4.78, 5) is 0. The van der Waals surface area contributed by atoms with Crippen LogP contribution in [0.15, 0.2) is 0 Å². The van der Waals surface area contributed by atoms with E-state index in [9.17, 15) is 8.42 Å². The van der Waals surface area contributed by atoms with Gasteiger partial charge in [-0.3, -0.25) is 0 Å². The second-order valence-corrected chi connectivity index (χ2v) is 7.61. The molecule has 0 aromatic carbocycles. The largest absolute Gasteiger partial charge is 0.313 e. The van der Waals surface area contributed by atoms with Gasteiger partial charge in [0.1, 0.15) is 0 Å². The minimum absolute atomic E-state index is 0.330. The summed E-state index contributed by atoms with van der Waals surface area (Å²) in [7, 11) is -3.02. The van der Waals surface area contributed by atoms with Crippen molar-refractivity contribution in [2.24, 2.45) is 5.92 Å². The molecule has 0 saturated heterocycles. The van der Waals surface area contributed by atoms with Crippen molar-refractivity contribution in [2.75, 3.05) is 18.8 Å². The number of sulfonamides is 1. The monoisotopic (exact) mass is 274 g/mol. The molecule has 0 bridgehead atoms. The van der Waals surface area contributed by atoms with E-state index < -0.39 is 10.0 Å². The van der Waals surface area contributed by atoms with Crippen LogP contribution in [0.2, 0.25) is 0 Å². The third-order valence-electron chi connectivity index (χ3n) is 3.89. The summed E-state index contributed by atoms with van der Waals surface area (Å²) in [5, 5.41) is 3.48. The minimum atomic E-state index is -3.02. The van der Waals surface area contributed by atoms with Gasteiger partial charge in [-0.05, 0) is 31.6 Å². The predicted molar refractivity (Wildman–Crippen MR) is 74.0 cm³/mol. The molecule has 0 aromatic rings. The highest BCUT2D eigenvalue weighted by molar-refractivity contribution is 7.89. The maximum absolute atomic E-state index is 11.6. The molecule has 0 radical (unpaired) electrons. The molecule has 2 aliphatic rings. The van der Waals surface area contributed by atoms with Gasteiger partial charge in [-0.25, -0.2) is 13.1 Å². The normalized spacial score (nSPS) is 22.9. The zero-order valence-corrected chi connectivity index (χ0v) is 12.0. The summed E-state index contributed by atoms with van der Waals surface area (Å²) < 4.78 is 26.0. The van der Waals surface area contributed by atoms with Crippen molar-refractivity contribution in [3.63, 3.8) is 0 Å². The van der Waals surface area contributed by atoms with Crippen LogP contribution >= 0.6 is 0 Å². The van der Waals surface area contributed by atoms with Crippen LogP contribution in [-0.2, 0) is 10.0 Å². The Balaban J connectivity index is 1.56. The number of hydrogen-bond donors (Lipinski definition) is 2. The molecule has 0 unspecified atom stereocenters. The highest BCUT2D eigenvalue weighted by Gasteiger charge is 2.27. The van der Waals surface area contributed by atoms with E-state index in [1.165, 1.54) is 38.5 Å². The number of hydrogen-bond acceptors (Lipinski definition) is 3. The Morgan fingerprint density at radius 1 is 0.889 bits per heavy atom. The lowest BCUT2D eigenvalue weighted by molar-refractivity contribution is 0.461. The van der Waals surface area contributed by atoms with Gasteiger partial charge in [-0.2, -0.15) is 0 Å². The van der Waals surface area contributed by atoms with Gasteiger partial charge in [-0.15, -0.1) is 0 Å². The molecule has 2 N–H and O–H groups in total. The fourth-order valence-corrected chi connectivity index (χ4v) is 4.10. The van der Waals surface area contributed by atoms with Crippen LogP contribution in [0.1, 0.15) is 51.4 Å². The Morgan fingerprint density at radius 2 is 1.56 bits per heavy atom. The number of nitrogens with one attached hydrogen (secondary N) is 2. The molecule has 0 aliphatic heterocycles. The Labute approximate surface area is 111 Å². The first-order valence-corrected chi connectivity index (χ1v) is 9.02. The van der Waals surface area contributed by atoms with E-state index in [-0.39, 0.29) is 0 Å². The first-order chi connectivity index (χ1) is 8.66. The number of rotatable bonds is 7. The van der Waals surface area contributed by atoms with E-state index in [2.05, 4.69) is 10.0 Å². The van der Waals surface area contributed by atoms with Gasteiger partial charge in [-0.1, -0.05) is 25.7 Å². The lowest BCUT2D eigenvalue weighted by Gasteiger charge is -2.16. The fraction of sp³-hybridized carbons (Fsp3) is 1.00. The maximum atomic E-state index is 11.6. The third-order valence-corrected chi connectivity index (χ3v) is 5.44. The molecule has 4 nitrogen and oxygen atoms in total. The Kier molecular flexibility index (Phi) is 5.45. The van der Waals surface area contributed by atoms with Gasteiger partial charge in [0.2, 0.25) is 10.0 Å². The lowest BCUT2D eigenvalue weighted by Crippen LogP contribution is -2.37. The van der Waals surface area contributed by atoms with Crippen molar-refractivity contribution >= 4 is 10.0 Å². The van der Waals surface area contributed by atoms with Crippen molar-refractivity contribution in [2.45, 2.75) is 57.4 Å². The Hall–Kier alpha value is -0.130. The van der Waals surface area contributed by atoms with Gasteiger partial charge in [0.25, 0.3) is 0 Å². The van der Waals surface area contributed by atoms with Gasteiger partial charge in [0, 0.05) is 19.1 Å². The van der Waals surface area contributed by atoms with E-state index in [1.807, 2.05) is 0 Å². The average Bonchev–Trinajstić information content (AvgIpc) is 3.11. The minimum Gasteiger partial charge on any atom is -0.313 e. The van der Waals surface area contributed by atoms with Crippen LogP contribution in [-0.4, -0.2) is 33.3 Å². The molecular weight excluding hydrogens is 248 g/mol. The molecule has 18 heavy (non-hydrogen) atoms. The molecule has 2 aliphatic carbocycles. The predicted octanol–water partition coefficient (Wildman–Crippen LogP) is 1.63. The fourth-order valence-electron chi connectivity index (χ4n) is 2.62. The second kappa shape index (κ2) is 6.87. The SMILES string of the molecule is O=S(=O)(CC1CC1)NCCNC1CCCCCC1. The van der Waals surface area contributed by atoms with Crippen LogP contribution in [0.25, 0.3) is 0 Å². The molecule has 0 spiro atoms. The highest BCUT2D eigenvalue weighted by Crippen LogP contribution is 2.29. The highest BCUT2D eigenvalue weighted by atomic mass is 32.2. The van der Waals surface area contributed by atoms with E-state index in [4.69, 9.17) is 0 Å². The lowest BCUT2D eigenvalue weighted by atomic mass is 10.1. The molecule has 2 rings (SSSR count). The van der Waals surface area contributed by atoms with Crippen LogP contribution < -0.4 is 10.0 Å². The van der Waals surface area contributed by atoms with E-state index >= 15 is 0 Å². The van der Waals surface area contributed by atoms with Crippen LogP contribution in [0.3, 0.4) is 0 Å². The van der Waals surface area contributed by atoms with E-state index in [0.717, 1.165) is 19.4 Å². The first kappa shape index (κ1) is 14.3. The molecule has 2 saturated carbocycles. The summed E-state index contributed by atoms with van der Waals surface area (Å²) in [5.74, 6) is 0.758. The van der Waals surface area contributed by atoms with Gasteiger partial charge < -0.3 is 5.32 Å². The summed E-state index contributed by atoms with van der Waals surface area (Å²) in [6, 6.07) is 0.598. The Bertz CT molecular complexity index is 331. The second-order valence-electron chi connectivity index (χ2n) is 5.76. The molecular formula is C13H26N2O2S. The van der Waals surface area contributed by atoms with Crippen molar-refractivity contribution < 1.29 is 8.42 Å². The molecule has 0 aromatic heterocycles. The van der Waals surface area contributed by atoms with Crippen LogP contribution in [0.5, 0.6) is 0 Å². The molecule has 0 amide bonds. The maximum Gasteiger partial charge on any atom is 0.211 e. The summed E-state index contributed by atoms with van der Waals surface area (Å²) >= 11 is 0. The van der Waals surface area contributed by atoms with E-state index in [1.54, 1.807) is 0 Å². The first-order valence-electron chi connectivity index (χ1n) is 7.36. The quantitative estimate of drug-likeness (QED) is 0.548.